The molecule has 0 saturated carbocycles. The van der Waals surface area contributed by atoms with E-state index >= 15 is 0 Å². The molecule has 0 amide bonds. The van der Waals surface area contributed by atoms with Crippen LogP contribution in [0.4, 0.5) is 5.69 Å². The van der Waals surface area contributed by atoms with Crippen molar-refractivity contribution in [1.29, 1.82) is 0 Å². The zero-order valence-electron chi connectivity index (χ0n) is 17.7. The second-order valence-corrected chi connectivity index (χ2v) is 11.6. The monoisotopic (exact) mass is 403 g/mol. The average molecular weight is 404 g/mol. The molecule has 0 unspecified atom stereocenters. The first-order chi connectivity index (χ1) is 14.2. The van der Waals surface area contributed by atoms with Crippen molar-refractivity contribution in [2.24, 2.45) is 0 Å². The summed E-state index contributed by atoms with van der Waals surface area (Å²) in [5.74, 6) is 0. The minimum Gasteiger partial charge on any atom is -0.369 e. The maximum atomic E-state index is 2.56. The highest BCUT2D eigenvalue weighted by molar-refractivity contribution is 7.95. The molecule has 1 fully saturated rings. The van der Waals surface area contributed by atoms with Crippen LogP contribution in [0, 0.1) is 0 Å². The molecule has 0 aromatic heterocycles. The zero-order valence-corrected chi connectivity index (χ0v) is 18.6. The lowest BCUT2D eigenvalue weighted by Crippen LogP contribution is -2.44. The van der Waals surface area contributed by atoms with Gasteiger partial charge in [-0.1, -0.05) is 49.4 Å². The molecule has 0 spiro atoms. The molecule has 2 nitrogen and oxygen atoms in total. The number of piperazine rings is 1. The first kappa shape index (κ1) is 20.1. The number of hydrogen-bond acceptors (Lipinski definition) is 2. The van der Waals surface area contributed by atoms with Crippen LogP contribution in [0.2, 0.25) is 0 Å². The highest BCUT2D eigenvalue weighted by atomic mass is 31.2. The van der Waals surface area contributed by atoms with E-state index in [1.54, 1.807) is 0 Å². The zero-order chi connectivity index (χ0) is 20.1. The highest BCUT2D eigenvalue weighted by Crippen LogP contribution is 2.56. The van der Waals surface area contributed by atoms with Crippen LogP contribution in [0.3, 0.4) is 0 Å². The SMILES string of the molecule is CCC[P+](c1ccccc1)(c1ccccc1)c1cccc(N2CCN(C)CC2)c1. The fourth-order valence-electron chi connectivity index (χ4n) is 4.53. The molecule has 29 heavy (non-hydrogen) atoms. The van der Waals surface area contributed by atoms with Crippen molar-refractivity contribution < 1.29 is 0 Å². The van der Waals surface area contributed by atoms with Crippen molar-refractivity contribution in [1.82, 2.24) is 4.90 Å². The normalized spacial score (nSPS) is 15.4. The number of hydrogen-bond donors (Lipinski definition) is 0. The third-order valence-electron chi connectivity index (χ3n) is 6.09. The van der Waals surface area contributed by atoms with Gasteiger partial charge in [0.2, 0.25) is 0 Å². The largest absolute Gasteiger partial charge is 0.369 e. The predicted molar refractivity (Wildman–Crippen MR) is 130 cm³/mol. The Morgan fingerprint density at radius 1 is 0.690 bits per heavy atom. The minimum absolute atomic E-state index is 1.11. The summed E-state index contributed by atoms with van der Waals surface area (Å²) in [6.45, 7) is 6.81. The Hall–Kier alpha value is -2.15. The summed E-state index contributed by atoms with van der Waals surface area (Å²) < 4.78 is 0. The number of anilines is 1. The number of benzene rings is 3. The van der Waals surface area contributed by atoms with Crippen LogP contribution in [-0.4, -0.2) is 44.3 Å². The van der Waals surface area contributed by atoms with Gasteiger partial charge in [-0.05, 0) is 49.9 Å². The molecule has 4 rings (SSSR count). The summed E-state index contributed by atoms with van der Waals surface area (Å²) in [5, 5.41) is 4.49. The van der Waals surface area contributed by atoms with Gasteiger partial charge in [0.25, 0.3) is 0 Å². The maximum absolute atomic E-state index is 2.56. The molecule has 1 aliphatic heterocycles. The minimum atomic E-state index is -1.68. The second-order valence-electron chi connectivity index (χ2n) is 8.01. The summed E-state index contributed by atoms with van der Waals surface area (Å²) in [6, 6.07) is 31.9. The fraction of sp³-hybridized carbons (Fsp3) is 0.308. The van der Waals surface area contributed by atoms with Gasteiger partial charge < -0.3 is 9.80 Å². The van der Waals surface area contributed by atoms with E-state index in [1.165, 1.54) is 34.2 Å². The van der Waals surface area contributed by atoms with Crippen LogP contribution >= 0.6 is 7.26 Å². The fourth-order valence-corrected chi connectivity index (χ4v) is 8.92. The molecule has 0 atom stereocenters. The Bertz CT molecular complexity index is 863. The lowest BCUT2D eigenvalue weighted by molar-refractivity contribution is 0.313. The van der Waals surface area contributed by atoms with Crippen molar-refractivity contribution in [2.75, 3.05) is 44.3 Å². The van der Waals surface area contributed by atoms with Gasteiger partial charge in [-0.2, -0.15) is 0 Å². The maximum Gasteiger partial charge on any atom is 0.112 e. The third-order valence-corrected chi connectivity index (χ3v) is 10.7. The Balaban J connectivity index is 1.85. The topological polar surface area (TPSA) is 6.48 Å². The van der Waals surface area contributed by atoms with Crippen LogP contribution in [0.5, 0.6) is 0 Å². The molecule has 1 aliphatic rings. The van der Waals surface area contributed by atoms with E-state index in [1.807, 2.05) is 0 Å². The van der Waals surface area contributed by atoms with Gasteiger partial charge in [0.1, 0.15) is 23.2 Å². The summed E-state index contributed by atoms with van der Waals surface area (Å²) >= 11 is 0. The van der Waals surface area contributed by atoms with E-state index in [2.05, 4.69) is 109 Å². The number of likely N-dealkylation sites (N-methyl/N-ethyl adjacent to an activating group) is 1. The van der Waals surface area contributed by atoms with Crippen molar-refractivity contribution in [3.05, 3.63) is 84.9 Å². The lowest BCUT2D eigenvalue weighted by atomic mass is 10.2. The average Bonchev–Trinajstić information content (AvgIpc) is 2.79. The number of rotatable bonds is 6. The van der Waals surface area contributed by atoms with Gasteiger partial charge in [-0.25, -0.2) is 0 Å². The Labute approximate surface area is 176 Å². The Morgan fingerprint density at radius 2 is 1.24 bits per heavy atom. The van der Waals surface area contributed by atoms with E-state index in [-0.39, 0.29) is 0 Å². The molecule has 0 bridgehead atoms. The van der Waals surface area contributed by atoms with Gasteiger partial charge in [-0.15, -0.1) is 0 Å². The molecule has 1 saturated heterocycles. The molecule has 3 aromatic carbocycles. The standard InChI is InChI=1S/C26H32N2P/c1-3-21-29(24-12-6-4-7-13-24,25-14-8-5-9-15-25)26-16-10-11-23(22-26)28-19-17-27(2)18-20-28/h4-16,22H,3,17-21H2,1-2H3/q+1. The number of nitrogens with zero attached hydrogens (tertiary/aromatic N) is 2. The molecular weight excluding hydrogens is 371 g/mol. The molecule has 150 valence electrons. The van der Waals surface area contributed by atoms with Crippen molar-refractivity contribution in [3.8, 4) is 0 Å². The molecule has 1 heterocycles. The van der Waals surface area contributed by atoms with Crippen molar-refractivity contribution in [3.63, 3.8) is 0 Å². The van der Waals surface area contributed by atoms with Crippen LogP contribution in [0.15, 0.2) is 84.9 Å². The van der Waals surface area contributed by atoms with Gasteiger partial charge in [-0.3, -0.25) is 0 Å². The highest BCUT2D eigenvalue weighted by Gasteiger charge is 2.44. The molecule has 3 aromatic rings. The van der Waals surface area contributed by atoms with Crippen LogP contribution in [0.25, 0.3) is 0 Å². The van der Waals surface area contributed by atoms with E-state index in [0.717, 1.165) is 26.2 Å². The van der Waals surface area contributed by atoms with Crippen LogP contribution < -0.4 is 20.8 Å². The smallest absolute Gasteiger partial charge is 0.112 e. The first-order valence-electron chi connectivity index (χ1n) is 10.8. The summed E-state index contributed by atoms with van der Waals surface area (Å²) in [4.78, 5) is 4.97. The predicted octanol–water partition coefficient (Wildman–Crippen LogP) is 4.14. The Morgan fingerprint density at radius 3 is 1.79 bits per heavy atom. The summed E-state index contributed by atoms with van der Waals surface area (Å²) in [6.07, 6.45) is 2.38. The van der Waals surface area contributed by atoms with Gasteiger partial charge in [0.05, 0.1) is 6.16 Å². The Kier molecular flexibility index (Phi) is 6.33. The van der Waals surface area contributed by atoms with E-state index in [9.17, 15) is 0 Å². The van der Waals surface area contributed by atoms with Gasteiger partial charge in [0.15, 0.2) is 0 Å². The van der Waals surface area contributed by atoms with Crippen molar-refractivity contribution in [2.45, 2.75) is 13.3 Å². The molecule has 0 radical (unpaired) electrons. The molecule has 0 N–H and O–H groups in total. The molecule has 0 aliphatic carbocycles. The van der Waals surface area contributed by atoms with E-state index in [4.69, 9.17) is 0 Å². The third kappa shape index (κ3) is 4.10. The van der Waals surface area contributed by atoms with E-state index in [0.29, 0.717) is 0 Å². The van der Waals surface area contributed by atoms with Crippen LogP contribution in [0.1, 0.15) is 13.3 Å². The van der Waals surface area contributed by atoms with Gasteiger partial charge >= 0.3 is 0 Å². The quantitative estimate of drug-likeness (QED) is 0.571. The molecular formula is C26H32N2P+. The summed E-state index contributed by atoms with van der Waals surface area (Å²) in [5.41, 5.74) is 1.38. The first-order valence-corrected chi connectivity index (χ1v) is 12.7. The van der Waals surface area contributed by atoms with Crippen LogP contribution in [-0.2, 0) is 0 Å². The van der Waals surface area contributed by atoms with Crippen molar-refractivity contribution >= 4 is 28.9 Å². The van der Waals surface area contributed by atoms with Gasteiger partial charge in [0, 0.05) is 37.9 Å². The molecule has 3 heteroatoms. The van der Waals surface area contributed by atoms with E-state index < -0.39 is 7.26 Å². The second kappa shape index (κ2) is 9.11. The lowest BCUT2D eigenvalue weighted by Gasteiger charge is -2.35. The summed E-state index contributed by atoms with van der Waals surface area (Å²) in [7, 11) is 0.538.